The van der Waals surface area contributed by atoms with E-state index < -0.39 is 5.82 Å². The lowest BCUT2D eigenvalue weighted by molar-refractivity contribution is 0.422. The number of halogens is 1. The van der Waals surface area contributed by atoms with Crippen molar-refractivity contribution < 1.29 is 8.91 Å². The molecule has 2 N–H and O–H groups in total. The molecule has 2 atom stereocenters. The van der Waals surface area contributed by atoms with Crippen molar-refractivity contribution in [3.63, 3.8) is 0 Å². The molecule has 3 rings (SSSR count). The molecule has 17 heavy (non-hydrogen) atoms. The molecular weight excluding hydrogens is 221 g/mol. The Labute approximate surface area is 97.6 Å². The van der Waals surface area contributed by atoms with Gasteiger partial charge in [-0.25, -0.2) is 4.39 Å². The summed E-state index contributed by atoms with van der Waals surface area (Å²) in [6.07, 6.45) is 1.10. The summed E-state index contributed by atoms with van der Waals surface area (Å²) < 4.78 is 18.2. The Hall–Kier alpha value is -1.91. The number of rotatable bonds is 2. The quantitative estimate of drug-likeness (QED) is 0.809. The van der Waals surface area contributed by atoms with Crippen LogP contribution in [0.2, 0.25) is 0 Å². The van der Waals surface area contributed by atoms with Gasteiger partial charge in [-0.15, -0.1) is 0 Å². The lowest BCUT2D eigenvalue weighted by Crippen LogP contribution is -1.91. The van der Waals surface area contributed by atoms with E-state index in [9.17, 15) is 4.39 Å². The summed E-state index contributed by atoms with van der Waals surface area (Å²) in [6, 6.07) is 4.39. The predicted molar refractivity (Wildman–Crippen MR) is 60.6 cm³/mol. The summed E-state index contributed by atoms with van der Waals surface area (Å²) in [5.74, 6) is 1.72. The number of anilines is 1. The maximum absolute atomic E-state index is 13.0. The second-order valence-electron chi connectivity index (χ2n) is 4.51. The van der Waals surface area contributed by atoms with Crippen LogP contribution >= 0.6 is 0 Å². The van der Waals surface area contributed by atoms with Crippen molar-refractivity contribution in [3.05, 3.63) is 29.8 Å². The van der Waals surface area contributed by atoms with Crippen LogP contribution < -0.4 is 5.73 Å². The second kappa shape index (κ2) is 3.55. The van der Waals surface area contributed by atoms with Gasteiger partial charge in [0.1, 0.15) is 5.82 Å². The Bertz CT molecular complexity index is 567. The molecule has 0 aliphatic heterocycles. The van der Waals surface area contributed by atoms with Crippen molar-refractivity contribution in [1.82, 2.24) is 10.1 Å². The van der Waals surface area contributed by atoms with Gasteiger partial charge in [-0.1, -0.05) is 12.1 Å². The Morgan fingerprint density at radius 1 is 1.47 bits per heavy atom. The molecule has 1 fully saturated rings. The molecule has 1 aromatic carbocycles. The van der Waals surface area contributed by atoms with E-state index in [2.05, 4.69) is 17.1 Å². The summed E-state index contributed by atoms with van der Waals surface area (Å²) in [6.45, 7) is 2.15. The Kier molecular flexibility index (Phi) is 2.14. The van der Waals surface area contributed by atoms with E-state index in [1.54, 1.807) is 6.07 Å². The van der Waals surface area contributed by atoms with E-state index in [0.29, 0.717) is 23.3 Å². The third-order valence-corrected chi connectivity index (χ3v) is 3.13. The van der Waals surface area contributed by atoms with E-state index in [4.69, 9.17) is 10.3 Å². The summed E-state index contributed by atoms with van der Waals surface area (Å²) >= 11 is 0. The molecule has 88 valence electrons. The summed E-state index contributed by atoms with van der Waals surface area (Å²) in [4.78, 5) is 4.31. The average Bonchev–Trinajstić information content (AvgIpc) is 2.86. The van der Waals surface area contributed by atoms with Crippen LogP contribution in [0.4, 0.5) is 10.1 Å². The first-order chi connectivity index (χ1) is 8.15. The van der Waals surface area contributed by atoms with Gasteiger partial charge in [0.05, 0.1) is 5.69 Å². The topological polar surface area (TPSA) is 64.9 Å². The maximum atomic E-state index is 13.0. The lowest BCUT2D eigenvalue weighted by Gasteiger charge is -1.97. The molecular formula is C12H12FN3O. The Morgan fingerprint density at radius 2 is 2.24 bits per heavy atom. The monoisotopic (exact) mass is 233 g/mol. The largest absolute Gasteiger partial charge is 0.396 e. The number of nitrogens with zero attached hydrogens (tertiary/aromatic N) is 2. The van der Waals surface area contributed by atoms with Gasteiger partial charge in [0, 0.05) is 11.5 Å². The minimum atomic E-state index is -0.440. The molecule has 1 aliphatic carbocycles. The molecule has 1 heterocycles. The van der Waals surface area contributed by atoms with E-state index >= 15 is 0 Å². The molecule has 2 unspecified atom stereocenters. The third-order valence-electron chi connectivity index (χ3n) is 3.13. The van der Waals surface area contributed by atoms with Gasteiger partial charge < -0.3 is 10.3 Å². The van der Waals surface area contributed by atoms with Crippen LogP contribution in [0.1, 0.15) is 25.1 Å². The van der Waals surface area contributed by atoms with Gasteiger partial charge in [-0.05, 0) is 30.5 Å². The lowest BCUT2D eigenvalue weighted by atomic mass is 10.2. The van der Waals surface area contributed by atoms with Gasteiger partial charge in [-0.2, -0.15) is 4.98 Å². The highest BCUT2D eigenvalue weighted by molar-refractivity contribution is 5.60. The molecule has 1 aliphatic rings. The van der Waals surface area contributed by atoms with Gasteiger partial charge in [-0.3, -0.25) is 0 Å². The zero-order valence-corrected chi connectivity index (χ0v) is 9.35. The number of benzene rings is 1. The van der Waals surface area contributed by atoms with Gasteiger partial charge in [0.25, 0.3) is 5.89 Å². The molecule has 0 spiro atoms. The number of aromatic nitrogens is 2. The molecule has 0 saturated heterocycles. The normalized spacial score (nSPS) is 22.7. The van der Waals surface area contributed by atoms with Crippen molar-refractivity contribution in [2.45, 2.75) is 19.3 Å². The summed E-state index contributed by atoms with van der Waals surface area (Å²) in [5.41, 5.74) is 6.23. The first-order valence-electron chi connectivity index (χ1n) is 5.54. The molecule has 0 bridgehead atoms. The zero-order chi connectivity index (χ0) is 12.0. The number of hydrogen-bond acceptors (Lipinski definition) is 4. The van der Waals surface area contributed by atoms with E-state index in [1.807, 2.05) is 0 Å². The minimum absolute atomic E-state index is 0.0852. The molecule has 4 nitrogen and oxygen atoms in total. The standard InChI is InChI=1S/C12H12FN3O/c1-6-4-8(6)11-15-12(17-16-11)7-2-3-9(13)10(14)5-7/h2-3,5-6,8H,4,14H2,1H3. The van der Waals surface area contributed by atoms with Crippen molar-refractivity contribution in [2.75, 3.05) is 5.73 Å². The van der Waals surface area contributed by atoms with Gasteiger partial charge in [0.2, 0.25) is 0 Å². The van der Waals surface area contributed by atoms with E-state index in [0.717, 1.165) is 12.2 Å². The fourth-order valence-corrected chi connectivity index (χ4v) is 1.86. The van der Waals surface area contributed by atoms with Gasteiger partial charge >= 0.3 is 0 Å². The zero-order valence-electron chi connectivity index (χ0n) is 9.35. The van der Waals surface area contributed by atoms with Crippen molar-refractivity contribution in [1.29, 1.82) is 0 Å². The highest BCUT2D eigenvalue weighted by Gasteiger charge is 2.38. The van der Waals surface area contributed by atoms with Crippen molar-refractivity contribution in [3.8, 4) is 11.5 Å². The molecule has 5 heteroatoms. The fraction of sp³-hybridized carbons (Fsp3) is 0.333. The summed E-state index contributed by atoms with van der Waals surface area (Å²) in [5, 5.41) is 3.94. The third kappa shape index (κ3) is 1.77. The molecule has 1 saturated carbocycles. The maximum Gasteiger partial charge on any atom is 0.258 e. The smallest absolute Gasteiger partial charge is 0.258 e. The van der Waals surface area contributed by atoms with Crippen LogP contribution in [-0.2, 0) is 0 Å². The molecule has 0 radical (unpaired) electrons. The minimum Gasteiger partial charge on any atom is -0.396 e. The highest BCUT2D eigenvalue weighted by Crippen LogP contribution is 2.45. The van der Waals surface area contributed by atoms with Crippen molar-refractivity contribution >= 4 is 5.69 Å². The average molecular weight is 233 g/mol. The van der Waals surface area contributed by atoms with Crippen LogP contribution in [0.25, 0.3) is 11.5 Å². The van der Waals surface area contributed by atoms with Crippen LogP contribution in [0.15, 0.2) is 22.7 Å². The second-order valence-corrected chi connectivity index (χ2v) is 4.51. The fourth-order valence-electron chi connectivity index (χ4n) is 1.86. The Morgan fingerprint density at radius 3 is 2.88 bits per heavy atom. The first-order valence-corrected chi connectivity index (χ1v) is 5.54. The highest BCUT2D eigenvalue weighted by atomic mass is 19.1. The van der Waals surface area contributed by atoms with Crippen LogP contribution in [0, 0.1) is 11.7 Å². The SMILES string of the molecule is CC1CC1c1noc(-c2ccc(F)c(N)c2)n1. The molecule has 2 aromatic rings. The number of nitrogen functional groups attached to an aromatic ring is 1. The van der Waals surface area contributed by atoms with Gasteiger partial charge in [0.15, 0.2) is 5.82 Å². The molecule has 1 aromatic heterocycles. The Balaban J connectivity index is 1.92. The predicted octanol–water partition coefficient (Wildman–Crippen LogP) is 2.58. The first kappa shape index (κ1) is 10.3. The van der Waals surface area contributed by atoms with Crippen LogP contribution in [0.3, 0.4) is 0 Å². The number of hydrogen-bond donors (Lipinski definition) is 1. The molecule has 0 amide bonds. The number of nitrogens with two attached hydrogens (primary N) is 1. The van der Waals surface area contributed by atoms with E-state index in [1.165, 1.54) is 12.1 Å². The van der Waals surface area contributed by atoms with Crippen molar-refractivity contribution in [2.24, 2.45) is 5.92 Å². The van der Waals surface area contributed by atoms with E-state index in [-0.39, 0.29) is 5.69 Å². The van der Waals surface area contributed by atoms with Crippen LogP contribution in [0.5, 0.6) is 0 Å². The van der Waals surface area contributed by atoms with Crippen LogP contribution in [-0.4, -0.2) is 10.1 Å². The summed E-state index contributed by atoms with van der Waals surface area (Å²) in [7, 11) is 0.